The van der Waals surface area contributed by atoms with Gasteiger partial charge in [-0.2, -0.15) is 0 Å². The summed E-state index contributed by atoms with van der Waals surface area (Å²) in [5.74, 6) is 0.459. The Morgan fingerprint density at radius 2 is 2.22 bits per heavy atom. The number of aliphatic hydroxyl groups is 1. The van der Waals surface area contributed by atoms with E-state index in [0.717, 1.165) is 12.0 Å². The van der Waals surface area contributed by atoms with E-state index in [1.165, 1.54) is 0 Å². The van der Waals surface area contributed by atoms with Gasteiger partial charge in [0.25, 0.3) is 0 Å². The normalized spacial score (nSPS) is 17.1. The first-order chi connectivity index (χ1) is 8.66. The van der Waals surface area contributed by atoms with Gasteiger partial charge < -0.3 is 14.6 Å². The van der Waals surface area contributed by atoms with E-state index in [1.807, 2.05) is 19.1 Å². The maximum atomic E-state index is 12.5. The molecule has 4 heteroatoms. The van der Waals surface area contributed by atoms with Gasteiger partial charge in [0.15, 0.2) is 5.78 Å². The van der Waals surface area contributed by atoms with Crippen molar-refractivity contribution in [2.75, 3.05) is 26.9 Å². The highest BCUT2D eigenvalue weighted by Crippen LogP contribution is 2.34. The summed E-state index contributed by atoms with van der Waals surface area (Å²) >= 11 is 0. The number of aliphatic hydroxyl groups excluding tert-OH is 1. The first-order valence-electron chi connectivity index (χ1n) is 6.07. The molecule has 0 bridgehead atoms. The standard InChI is InChI=1S/C14H18O4/c1-3-10-4-5-12(17-2)11(6-10)13(16)14(7-15)8-18-9-14/h4-6,15H,3,7-9H2,1-2H3. The molecule has 1 N–H and O–H groups in total. The Morgan fingerprint density at radius 3 is 2.67 bits per heavy atom. The number of benzene rings is 1. The van der Waals surface area contributed by atoms with E-state index in [-0.39, 0.29) is 25.6 Å². The minimum Gasteiger partial charge on any atom is -0.496 e. The summed E-state index contributed by atoms with van der Waals surface area (Å²) in [7, 11) is 1.54. The Bertz CT molecular complexity index is 444. The number of Topliss-reactive ketones (excluding diaryl/α,β-unsaturated/α-hetero) is 1. The Hall–Kier alpha value is -1.39. The van der Waals surface area contributed by atoms with Crippen LogP contribution in [0.2, 0.25) is 0 Å². The maximum absolute atomic E-state index is 12.5. The highest BCUT2D eigenvalue weighted by atomic mass is 16.5. The second kappa shape index (κ2) is 5.08. The molecule has 0 unspecified atom stereocenters. The van der Waals surface area contributed by atoms with E-state index >= 15 is 0 Å². The number of rotatable bonds is 5. The van der Waals surface area contributed by atoms with Crippen LogP contribution in [0.15, 0.2) is 18.2 Å². The quantitative estimate of drug-likeness (QED) is 0.804. The van der Waals surface area contributed by atoms with Gasteiger partial charge in [-0.15, -0.1) is 0 Å². The molecule has 98 valence electrons. The molecule has 1 aromatic carbocycles. The molecule has 0 radical (unpaired) electrons. The summed E-state index contributed by atoms with van der Waals surface area (Å²) in [4.78, 5) is 12.5. The van der Waals surface area contributed by atoms with Gasteiger partial charge in [-0.3, -0.25) is 4.79 Å². The molecule has 0 saturated carbocycles. The van der Waals surface area contributed by atoms with Crippen LogP contribution in [0.5, 0.6) is 5.75 Å². The van der Waals surface area contributed by atoms with Gasteiger partial charge in [0, 0.05) is 0 Å². The van der Waals surface area contributed by atoms with E-state index in [1.54, 1.807) is 13.2 Å². The van der Waals surface area contributed by atoms with Gasteiger partial charge in [0.2, 0.25) is 0 Å². The van der Waals surface area contributed by atoms with Crippen LogP contribution in [-0.4, -0.2) is 37.8 Å². The summed E-state index contributed by atoms with van der Waals surface area (Å²) in [5, 5.41) is 9.42. The number of methoxy groups -OCH3 is 1. The molecular formula is C14H18O4. The highest BCUT2D eigenvalue weighted by Gasteiger charge is 2.46. The van der Waals surface area contributed by atoms with E-state index in [2.05, 4.69) is 0 Å². The van der Waals surface area contributed by atoms with E-state index in [4.69, 9.17) is 9.47 Å². The van der Waals surface area contributed by atoms with Gasteiger partial charge in [0.05, 0.1) is 32.5 Å². The summed E-state index contributed by atoms with van der Waals surface area (Å²) in [6.07, 6.45) is 0.854. The molecule has 0 aromatic heterocycles. The van der Waals surface area contributed by atoms with Crippen molar-refractivity contribution in [2.45, 2.75) is 13.3 Å². The Kier molecular flexibility index (Phi) is 3.68. The maximum Gasteiger partial charge on any atom is 0.179 e. The molecule has 1 aliphatic rings. The third-order valence-corrected chi connectivity index (χ3v) is 3.46. The van der Waals surface area contributed by atoms with Crippen molar-refractivity contribution in [3.8, 4) is 5.75 Å². The molecule has 4 nitrogen and oxygen atoms in total. The van der Waals surface area contributed by atoms with Crippen molar-refractivity contribution in [3.63, 3.8) is 0 Å². The number of ether oxygens (including phenoxy) is 2. The number of hydrogen-bond donors (Lipinski definition) is 1. The van der Waals surface area contributed by atoms with Gasteiger partial charge in [-0.05, 0) is 24.1 Å². The van der Waals surface area contributed by atoms with Gasteiger partial charge in [-0.25, -0.2) is 0 Å². The van der Waals surface area contributed by atoms with E-state index < -0.39 is 5.41 Å². The topological polar surface area (TPSA) is 55.8 Å². The summed E-state index contributed by atoms with van der Waals surface area (Å²) in [5.41, 5.74) is 0.835. The molecule has 1 fully saturated rings. The lowest BCUT2D eigenvalue weighted by Gasteiger charge is -2.38. The van der Waals surface area contributed by atoms with Crippen molar-refractivity contribution >= 4 is 5.78 Å². The number of ketones is 1. The number of carbonyl (C=O) groups excluding carboxylic acids is 1. The Balaban J connectivity index is 2.39. The molecule has 0 spiro atoms. The lowest BCUT2D eigenvalue weighted by molar-refractivity contribution is -0.109. The number of hydrogen-bond acceptors (Lipinski definition) is 4. The third kappa shape index (κ3) is 2.02. The van der Waals surface area contributed by atoms with Crippen LogP contribution in [0.25, 0.3) is 0 Å². The SMILES string of the molecule is CCc1ccc(OC)c(C(=O)C2(CO)COC2)c1. The molecule has 1 aliphatic heterocycles. The Labute approximate surface area is 107 Å². The molecule has 0 atom stereocenters. The molecule has 2 rings (SSSR count). The third-order valence-electron chi connectivity index (χ3n) is 3.46. The van der Waals surface area contributed by atoms with Crippen molar-refractivity contribution in [2.24, 2.45) is 5.41 Å². The zero-order valence-corrected chi connectivity index (χ0v) is 10.7. The number of carbonyl (C=O) groups is 1. The fraction of sp³-hybridized carbons (Fsp3) is 0.500. The highest BCUT2D eigenvalue weighted by molar-refractivity contribution is 6.03. The second-order valence-corrected chi connectivity index (χ2v) is 4.65. The van der Waals surface area contributed by atoms with Crippen LogP contribution in [0.4, 0.5) is 0 Å². The van der Waals surface area contributed by atoms with Gasteiger partial charge >= 0.3 is 0 Å². The average molecular weight is 250 g/mol. The predicted molar refractivity (Wildman–Crippen MR) is 67.0 cm³/mol. The largest absolute Gasteiger partial charge is 0.496 e. The fourth-order valence-corrected chi connectivity index (χ4v) is 2.08. The molecule has 1 aromatic rings. The van der Waals surface area contributed by atoms with Crippen molar-refractivity contribution in [1.29, 1.82) is 0 Å². The molecule has 0 aliphatic carbocycles. The zero-order valence-electron chi connectivity index (χ0n) is 10.7. The van der Waals surface area contributed by atoms with E-state index in [0.29, 0.717) is 11.3 Å². The Morgan fingerprint density at radius 1 is 1.50 bits per heavy atom. The monoisotopic (exact) mass is 250 g/mol. The van der Waals surface area contributed by atoms with Crippen LogP contribution in [0, 0.1) is 5.41 Å². The van der Waals surface area contributed by atoms with Crippen molar-refractivity contribution in [1.82, 2.24) is 0 Å². The lowest BCUT2D eigenvalue weighted by atomic mass is 9.78. The number of aryl methyl sites for hydroxylation is 1. The summed E-state index contributed by atoms with van der Waals surface area (Å²) < 4.78 is 10.3. The second-order valence-electron chi connectivity index (χ2n) is 4.65. The van der Waals surface area contributed by atoms with Crippen molar-refractivity contribution < 1.29 is 19.4 Å². The molecular weight excluding hydrogens is 232 g/mol. The molecule has 18 heavy (non-hydrogen) atoms. The smallest absolute Gasteiger partial charge is 0.179 e. The van der Waals surface area contributed by atoms with Crippen molar-refractivity contribution in [3.05, 3.63) is 29.3 Å². The van der Waals surface area contributed by atoms with Gasteiger partial charge in [0.1, 0.15) is 11.2 Å². The lowest BCUT2D eigenvalue weighted by Crippen LogP contribution is -2.51. The minimum atomic E-state index is -0.778. The summed E-state index contributed by atoms with van der Waals surface area (Å²) in [6.45, 7) is 2.40. The van der Waals surface area contributed by atoms with Crippen LogP contribution < -0.4 is 4.74 Å². The molecule has 0 amide bonds. The molecule has 1 saturated heterocycles. The molecule has 1 heterocycles. The fourth-order valence-electron chi connectivity index (χ4n) is 2.08. The van der Waals surface area contributed by atoms with E-state index in [9.17, 15) is 9.90 Å². The first-order valence-corrected chi connectivity index (χ1v) is 6.07. The minimum absolute atomic E-state index is 0.0941. The average Bonchev–Trinajstić information content (AvgIpc) is 2.37. The van der Waals surface area contributed by atoms with Crippen LogP contribution in [-0.2, 0) is 11.2 Å². The summed E-state index contributed by atoms with van der Waals surface area (Å²) in [6, 6.07) is 5.59. The zero-order chi connectivity index (χ0) is 13.2. The van der Waals surface area contributed by atoms with Crippen LogP contribution >= 0.6 is 0 Å². The van der Waals surface area contributed by atoms with Crippen LogP contribution in [0.3, 0.4) is 0 Å². The predicted octanol–water partition coefficient (Wildman–Crippen LogP) is 1.45. The van der Waals surface area contributed by atoms with Crippen LogP contribution in [0.1, 0.15) is 22.8 Å². The van der Waals surface area contributed by atoms with Gasteiger partial charge in [-0.1, -0.05) is 13.0 Å². The first kappa shape index (κ1) is 13.1.